The molecule has 0 bridgehead atoms. The maximum absolute atomic E-state index is 11.1. The van der Waals surface area contributed by atoms with Crippen molar-refractivity contribution < 1.29 is 23.9 Å². The minimum atomic E-state index is -0.559. The predicted octanol–water partition coefficient (Wildman–Crippen LogP) is 1.41. The molecule has 0 N–H and O–H groups in total. The maximum Gasteiger partial charge on any atom is 0.333 e. The van der Waals surface area contributed by atoms with Crippen LogP contribution in [-0.2, 0) is 23.9 Å². The third-order valence-corrected chi connectivity index (χ3v) is 1.83. The molecular weight excluding hydrogens is 224 g/mol. The molecule has 1 atom stereocenters. The fourth-order valence-corrected chi connectivity index (χ4v) is 0.969. The molecule has 0 aliphatic carbocycles. The number of ether oxygens (including phenoxy) is 2. The van der Waals surface area contributed by atoms with Crippen molar-refractivity contribution in [1.29, 1.82) is 0 Å². The van der Waals surface area contributed by atoms with Crippen LogP contribution in [0.4, 0.5) is 0 Å². The van der Waals surface area contributed by atoms with Crippen molar-refractivity contribution in [2.45, 2.75) is 39.7 Å². The highest BCUT2D eigenvalue weighted by molar-refractivity contribution is 5.94. The smallest absolute Gasteiger partial charge is 0.333 e. The standard InChI is InChI=1S/C12H18O5/c1-8(2)12(15)16-6-5-10(4)17-11(14)7-9(3)13/h10H,1,5-7H2,2-4H3. The average Bonchev–Trinajstić information content (AvgIpc) is 2.15. The Balaban J connectivity index is 3.76. The van der Waals surface area contributed by atoms with Gasteiger partial charge in [0.05, 0.1) is 6.61 Å². The second kappa shape index (κ2) is 7.60. The Morgan fingerprint density at radius 2 is 1.82 bits per heavy atom. The van der Waals surface area contributed by atoms with Crippen molar-refractivity contribution >= 4 is 17.7 Å². The molecule has 0 saturated carbocycles. The van der Waals surface area contributed by atoms with Gasteiger partial charge in [-0.25, -0.2) is 4.79 Å². The Morgan fingerprint density at radius 3 is 2.29 bits per heavy atom. The molecule has 0 rings (SSSR count). The fourth-order valence-electron chi connectivity index (χ4n) is 0.969. The molecular formula is C12H18O5. The number of rotatable bonds is 7. The third-order valence-electron chi connectivity index (χ3n) is 1.83. The van der Waals surface area contributed by atoms with Gasteiger partial charge in [0.1, 0.15) is 18.3 Å². The number of carbonyl (C=O) groups excluding carboxylic acids is 3. The molecule has 1 unspecified atom stereocenters. The predicted molar refractivity (Wildman–Crippen MR) is 61.2 cm³/mol. The van der Waals surface area contributed by atoms with Crippen molar-refractivity contribution in [3.63, 3.8) is 0 Å². The summed E-state index contributed by atoms with van der Waals surface area (Å²) in [7, 11) is 0. The quantitative estimate of drug-likeness (QED) is 0.383. The zero-order valence-corrected chi connectivity index (χ0v) is 10.4. The Labute approximate surface area is 101 Å². The lowest BCUT2D eigenvalue weighted by atomic mass is 10.3. The van der Waals surface area contributed by atoms with Crippen molar-refractivity contribution in [1.82, 2.24) is 0 Å². The Kier molecular flexibility index (Phi) is 6.86. The van der Waals surface area contributed by atoms with Crippen LogP contribution in [0.2, 0.25) is 0 Å². The number of ketones is 1. The van der Waals surface area contributed by atoms with Gasteiger partial charge in [-0.2, -0.15) is 0 Å². The highest BCUT2D eigenvalue weighted by atomic mass is 16.6. The van der Waals surface area contributed by atoms with Gasteiger partial charge in [0.25, 0.3) is 0 Å². The average molecular weight is 242 g/mol. The minimum absolute atomic E-state index is 0.153. The zero-order valence-electron chi connectivity index (χ0n) is 10.4. The van der Waals surface area contributed by atoms with E-state index in [0.29, 0.717) is 12.0 Å². The molecule has 5 nitrogen and oxygen atoms in total. The van der Waals surface area contributed by atoms with E-state index in [1.807, 2.05) is 0 Å². The van der Waals surface area contributed by atoms with Crippen LogP contribution in [0, 0.1) is 0 Å². The number of carbonyl (C=O) groups is 3. The van der Waals surface area contributed by atoms with Crippen LogP contribution >= 0.6 is 0 Å². The number of Topliss-reactive ketones (excluding diaryl/α,β-unsaturated/α-hetero) is 1. The van der Waals surface area contributed by atoms with Gasteiger partial charge in [0.15, 0.2) is 0 Å². The molecule has 0 spiro atoms. The second-order valence-corrected chi connectivity index (χ2v) is 3.88. The third kappa shape index (κ3) is 8.19. The maximum atomic E-state index is 11.1. The Bertz CT molecular complexity index is 319. The van der Waals surface area contributed by atoms with Gasteiger partial charge >= 0.3 is 11.9 Å². The van der Waals surface area contributed by atoms with Gasteiger partial charge in [-0.15, -0.1) is 0 Å². The molecule has 5 heteroatoms. The molecule has 0 aromatic carbocycles. The molecule has 0 aromatic rings. The van der Waals surface area contributed by atoms with E-state index in [9.17, 15) is 14.4 Å². The van der Waals surface area contributed by atoms with Crippen LogP contribution in [0.25, 0.3) is 0 Å². The molecule has 0 aromatic heterocycles. The van der Waals surface area contributed by atoms with Crippen molar-refractivity contribution in [3.05, 3.63) is 12.2 Å². The Hall–Kier alpha value is -1.65. The lowest BCUT2D eigenvalue weighted by molar-refractivity contribution is -0.151. The van der Waals surface area contributed by atoms with E-state index >= 15 is 0 Å². The topological polar surface area (TPSA) is 69.7 Å². The lowest BCUT2D eigenvalue weighted by Gasteiger charge is -2.12. The van der Waals surface area contributed by atoms with E-state index in [1.54, 1.807) is 13.8 Å². The summed E-state index contributed by atoms with van der Waals surface area (Å²) >= 11 is 0. The van der Waals surface area contributed by atoms with Crippen LogP contribution in [0.15, 0.2) is 12.2 Å². The van der Waals surface area contributed by atoms with Crippen LogP contribution in [-0.4, -0.2) is 30.4 Å². The summed E-state index contributed by atoms with van der Waals surface area (Å²) in [4.78, 5) is 32.8. The molecule has 17 heavy (non-hydrogen) atoms. The molecule has 0 amide bonds. The van der Waals surface area contributed by atoms with Crippen molar-refractivity contribution in [3.8, 4) is 0 Å². The number of esters is 2. The highest BCUT2D eigenvalue weighted by Crippen LogP contribution is 2.02. The fraction of sp³-hybridized carbons (Fsp3) is 0.583. The van der Waals surface area contributed by atoms with E-state index in [0.717, 1.165) is 0 Å². The van der Waals surface area contributed by atoms with Gasteiger partial charge in [-0.05, 0) is 20.8 Å². The number of hydrogen-bond donors (Lipinski definition) is 0. The van der Waals surface area contributed by atoms with Gasteiger partial charge < -0.3 is 9.47 Å². The minimum Gasteiger partial charge on any atom is -0.462 e. The summed E-state index contributed by atoms with van der Waals surface area (Å²) in [6.07, 6.45) is -0.224. The first-order chi connectivity index (χ1) is 7.82. The summed E-state index contributed by atoms with van der Waals surface area (Å²) < 4.78 is 9.77. The van der Waals surface area contributed by atoms with Gasteiger partial charge in [-0.3, -0.25) is 9.59 Å². The van der Waals surface area contributed by atoms with Crippen LogP contribution in [0.3, 0.4) is 0 Å². The second-order valence-electron chi connectivity index (χ2n) is 3.88. The van der Waals surface area contributed by atoms with E-state index in [4.69, 9.17) is 9.47 Å². The normalized spacial score (nSPS) is 11.5. The molecule has 0 aliphatic heterocycles. The summed E-state index contributed by atoms with van der Waals surface area (Å²) in [5.41, 5.74) is 0.325. The summed E-state index contributed by atoms with van der Waals surface area (Å²) in [6, 6.07) is 0. The molecule has 96 valence electrons. The van der Waals surface area contributed by atoms with E-state index < -0.39 is 11.9 Å². The summed E-state index contributed by atoms with van der Waals surface area (Å²) in [5, 5.41) is 0. The summed E-state index contributed by atoms with van der Waals surface area (Å²) in [6.45, 7) is 8.14. The van der Waals surface area contributed by atoms with E-state index in [-0.39, 0.29) is 24.9 Å². The van der Waals surface area contributed by atoms with Crippen molar-refractivity contribution in [2.24, 2.45) is 0 Å². The molecule has 0 radical (unpaired) electrons. The zero-order chi connectivity index (χ0) is 13.4. The number of hydrogen-bond acceptors (Lipinski definition) is 5. The first kappa shape index (κ1) is 15.3. The van der Waals surface area contributed by atoms with E-state index in [2.05, 4.69) is 6.58 Å². The van der Waals surface area contributed by atoms with Crippen LogP contribution in [0.5, 0.6) is 0 Å². The summed E-state index contributed by atoms with van der Waals surface area (Å²) in [5.74, 6) is -1.26. The Morgan fingerprint density at radius 1 is 1.24 bits per heavy atom. The first-order valence-electron chi connectivity index (χ1n) is 5.34. The van der Waals surface area contributed by atoms with Gasteiger partial charge in [0.2, 0.25) is 0 Å². The van der Waals surface area contributed by atoms with Gasteiger partial charge in [0, 0.05) is 12.0 Å². The van der Waals surface area contributed by atoms with Gasteiger partial charge in [-0.1, -0.05) is 6.58 Å². The first-order valence-corrected chi connectivity index (χ1v) is 5.34. The molecule has 0 heterocycles. The largest absolute Gasteiger partial charge is 0.462 e. The molecule has 0 fully saturated rings. The van der Waals surface area contributed by atoms with Crippen molar-refractivity contribution in [2.75, 3.05) is 6.61 Å². The highest BCUT2D eigenvalue weighted by Gasteiger charge is 2.12. The lowest BCUT2D eigenvalue weighted by Crippen LogP contribution is -2.19. The monoisotopic (exact) mass is 242 g/mol. The molecule has 0 aliphatic rings. The van der Waals surface area contributed by atoms with Crippen LogP contribution in [0.1, 0.15) is 33.6 Å². The molecule has 0 saturated heterocycles. The van der Waals surface area contributed by atoms with E-state index in [1.165, 1.54) is 6.92 Å². The van der Waals surface area contributed by atoms with Crippen LogP contribution < -0.4 is 0 Å². The SMILES string of the molecule is C=C(C)C(=O)OCCC(C)OC(=O)CC(C)=O.